The third-order valence-corrected chi connectivity index (χ3v) is 3.39. The smallest absolute Gasteiger partial charge is 0.0900 e. The van der Waals surface area contributed by atoms with E-state index < -0.39 is 11.7 Å². The lowest BCUT2D eigenvalue weighted by atomic mass is 9.87. The molecule has 0 amide bonds. The second kappa shape index (κ2) is 4.43. The molecule has 0 radical (unpaired) electrons. The van der Waals surface area contributed by atoms with Crippen LogP contribution in [0.5, 0.6) is 0 Å². The van der Waals surface area contributed by atoms with E-state index >= 15 is 0 Å². The monoisotopic (exact) mass is 186 g/mol. The summed E-state index contributed by atoms with van der Waals surface area (Å²) in [7, 11) is 0. The highest BCUT2D eigenvalue weighted by atomic mass is 16.3. The first-order chi connectivity index (χ1) is 6.12. The summed E-state index contributed by atoms with van der Waals surface area (Å²) in [6.07, 6.45) is 5.27. The standard InChI is InChI=1S/C11H22O2/c1-3-11(13,4-2)10(12)8-7-9-5-6-9/h9-10,12-13H,3-8H2,1-2H3. The fraction of sp³-hybridized carbons (Fsp3) is 1.00. The third kappa shape index (κ3) is 2.96. The normalized spacial score (nSPS) is 20.3. The van der Waals surface area contributed by atoms with Crippen LogP contribution in [0.15, 0.2) is 0 Å². The van der Waals surface area contributed by atoms with Gasteiger partial charge in [0.05, 0.1) is 11.7 Å². The Morgan fingerprint density at radius 3 is 2.23 bits per heavy atom. The highest BCUT2D eigenvalue weighted by Gasteiger charge is 2.33. The number of aliphatic hydroxyl groups is 2. The number of hydrogen-bond acceptors (Lipinski definition) is 2. The molecule has 1 saturated carbocycles. The molecular weight excluding hydrogens is 164 g/mol. The zero-order valence-corrected chi connectivity index (χ0v) is 8.79. The van der Waals surface area contributed by atoms with Gasteiger partial charge in [-0.2, -0.15) is 0 Å². The molecule has 1 fully saturated rings. The highest BCUT2D eigenvalue weighted by Crippen LogP contribution is 2.35. The number of rotatable bonds is 6. The van der Waals surface area contributed by atoms with Crippen LogP contribution >= 0.6 is 0 Å². The minimum Gasteiger partial charge on any atom is -0.390 e. The van der Waals surface area contributed by atoms with Crippen molar-refractivity contribution in [3.05, 3.63) is 0 Å². The summed E-state index contributed by atoms with van der Waals surface area (Å²) in [5.74, 6) is 0.840. The Morgan fingerprint density at radius 1 is 1.31 bits per heavy atom. The van der Waals surface area contributed by atoms with Gasteiger partial charge in [0, 0.05) is 0 Å². The van der Waals surface area contributed by atoms with Crippen LogP contribution in [-0.4, -0.2) is 21.9 Å². The van der Waals surface area contributed by atoms with E-state index in [2.05, 4.69) is 0 Å². The summed E-state index contributed by atoms with van der Waals surface area (Å²) in [6.45, 7) is 3.87. The van der Waals surface area contributed by atoms with E-state index in [1.54, 1.807) is 0 Å². The van der Waals surface area contributed by atoms with Crippen molar-refractivity contribution in [2.24, 2.45) is 5.92 Å². The molecule has 1 rings (SSSR count). The zero-order chi connectivity index (χ0) is 9.90. The van der Waals surface area contributed by atoms with Crippen molar-refractivity contribution in [3.63, 3.8) is 0 Å². The number of aliphatic hydroxyl groups excluding tert-OH is 1. The van der Waals surface area contributed by atoms with Crippen molar-refractivity contribution in [3.8, 4) is 0 Å². The van der Waals surface area contributed by atoms with Gasteiger partial charge in [-0.1, -0.05) is 26.7 Å². The van der Waals surface area contributed by atoms with Crippen LogP contribution in [-0.2, 0) is 0 Å². The fourth-order valence-corrected chi connectivity index (χ4v) is 1.79. The van der Waals surface area contributed by atoms with Gasteiger partial charge in [0.15, 0.2) is 0 Å². The molecule has 2 nitrogen and oxygen atoms in total. The van der Waals surface area contributed by atoms with Crippen molar-refractivity contribution in [1.29, 1.82) is 0 Å². The van der Waals surface area contributed by atoms with Gasteiger partial charge in [-0.15, -0.1) is 0 Å². The minimum absolute atomic E-state index is 0.525. The lowest BCUT2D eigenvalue weighted by Crippen LogP contribution is -2.41. The Bertz CT molecular complexity index is 148. The first-order valence-electron chi connectivity index (χ1n) is 5.52. The molecule has 13 heavy (non-hydrogen) atoms. The predicted octanol–water partition coefficient (Wildman–Crippen LogP) is 2.09. The molecule has 0 saturated heterocycles. The van der Waals surface area contributed by atoms with Crippen LogP contribution in [0.2, 0.25) is 0 Å². The molecule has 1 atom stereocenters. The van der Waals surface area contributed by atoms with Crippen LogP contribution in [0.4, 0.5) is 0 Å². The average molecular weight is 186 g/mol. The zero-order valence-electron chi connectivity index (χ0n) is 8.79. The van der Waals surface area contributed by atoms with Gasteiger partial charge in [0.2, 0.25) is 0 Å². The summed E-state index contributed by atoms with van der Waals surface area (Å²) in [5.41, 5.74) is -0.838. The second-order valence-electron chi connectivity index (χ2n) is 4.35. The molecule has 0 bridgehead atoms. The fourth-order valence-electron chi connectivity index (χ4n) is 1.79. The molecule has 2 N–H and O–H groups in total. The summed E-state index contributed by atoms with van der Waals surface area (Å²) >= 11 is 0. The molecular formula is C11H22O2. The van der Waals surface area contributed by atoms with E-state index in [-0.39, 0.29) is 0 Å². The van der Waals surface area contributed by atoms with Gasteiger partial charge >= 0.3 is 0 Å². The van der Waals surface area contributed by atoms with Crippen molar-refractivity contribution < 1.29 is 10.2 Å². The average Bonchev–Trinajstić information content (AvgIpc) is 2.96. The quantitative estimate of drug-likeness (QED) is 0.667. The SMILES string of the molecule is CCC(O)(CC)C(O)CCC1CC1. The van der Waals surface area contributed by atoms with E-state index in [1.807, 2.05) is 13.8 Å². The van der Waals surface area contributed by atoms with Crippen molar-refractivity contribution >= 4 is 0 Å². The second-order valence-corrected chi connectivity index (χ2v) is 4.35. The molecule has 0 aromatic carbocycles. The van der Waals surface area contributed by atoms with Crippen LogP contribution < -0.4 is 0 Å². The van der Waals surface area contributed by atoms with Gasteiger partial charge in [-0.25, -0.2) is 0 Å². The molecule has 0 aromatic heterocycles. The van der Waals surface area contributed by atoms with Crippen molar-refractivity contribution in [1.82, 2.24) is 0 Å². The number of hydrogen-bond donors (Lipinski definition) is 2. The Morgan fingerprint density at radius 2 is 1.85 bits per heavy atom. The van der Waals surface area contributed by atoms with Gasteiger partial charge in [-0.3, -0.25) is 0 Å². The molecule has 78 valence electrons. The molecule has 0 aromatic rings. The van der Waals surface area contributed by atoms with E-state index in [0.717, 1.165) is 18.8 Å². The Labute approximate surface area is 81.0 Å². The van der Waals surface area contributed by atoms with Crippen LogP contribution in [0.25, 0.3) is 0 Å². The first-order valence-corrected chi connectivity index (χ1v) is 5.52. The molecule has 1 unspecified atom stereocenters. The topological polar surface area (TPSA) is 40.5 Å². The summed E-state index contributed by atoms with van der Waals surface area (Å²) in [4.78, 5) is 0. The van der Waals surface area contributed by atoms with Gasteiger partial charge in [0.25, 0.3) is 0 Å². The summed E-state index contributed by atoms with van der Waals surface area (Å²) in [5, 5.41) is 19.8. The largest absolute Gasteiger partial charge is 0.390 e. The van der Waals surface area contributed by atoms with Gasteiger partial charge < -0.3 is 10.2 Å². The molecule has 0 heterocycles. The predicted molar refractivity (Wildman–Crippen MR) is 53.5 cm³/mol. The van der Waals surface area contributed by atoms with Crippen LogP contribution in [0, 0.1) is 5.92 Å². The molecule has 2 heteroatoms. The van der Waals surface area contributed by atoms with Gasteiger partial charge in [0.1, 0.15) is 0 Å². The van der Waals surface area contributed by atoms with E-state index in [0.29, 0.717) is 12.8 Å². The van der Waals surface area contributed by atoms with Gasteiger partial charge in [-0.05, 0) is 31.6 Å². The third-order valence-electron chi connectivity index (χ3n) is 3.39. The maximum Gasteiger partial charge on any atom is 0.0900 e. The van der Waals surface area contributed by atoms with E-state index in [1.165, 1.54) is 12.8 Å². The van der Waals surface area contributed by atoms with Crippen LogP contribution in [0.3, 0.4) is 0 Å². The van der Waals surface area contributed by atoms with E-state index in [9.17, 15) is 10.2 Å². The van der Waals surface area contributed by atoms with E-state index in [4.69, 9.17) is 0 Å². The molecule has 0 spiro atoms. The molecule has 1 aliphatic carbocycles. The summed E-state index contributed by atoms with van der Waals surface area (Å²) in [6, 6.07) is 0. The maximum absolute atomic E-state index is 9.98. The van der Waals surface area contributed by atoms with Crippen molar-refractivity contribution in [2.75, 3.05) is 0 Å². The van der Waals surface area contributed by atoms with Crippen molar-refractivity contribution in [2.45, 2.75) is 64.1 Å². The Kier molecular flexibility index (Phi) is 3.74. The lowest BCUT2D eigenvalue weighted by molar-refractivity contribution is -0.0838. The molecule has 0 aliphatic heterocycles. The first kappa shape index (κ1) is 11.0. The maximum atomic E-state index is 9.98. The Hall–Kier alpha value is -0.0800. The lowest BCUT2D eigenvalue weighted by Gasteiger charge is -2.31. The molecule has 1 aliphatic rings. The highest BCUT2D eigenvalue weighted by molar-refractivity contribution is 4.85. The Balaban J connectivity index is 2.28. The summed E-state index contributed by atoms with van der Waals surface area (Å²) < 4.78 is 0. The van der Waals surface area contributed by atoms with Crippen LogP contribution in [0.1, 0.15) is 52.4 Å². The minimum atomic E-state index is -0.838.